The predicted octanol–water partition coefficient (Wildman–Crippen LogP) is 2.16. The van der Waals surface area contributed by atoms with Gasteiger partial charge < -0.3 is 9.80 Å². The highest BCUT2D eigenvalue weighted by Gasteiger charge is 2.29. The molecule has 0 saturated carbocycles. The lowest BCUT2D eigenvalue weighted by Gasteiger charge is -2.44. The third kappa shape index (κ3) is 4.21. The van der Waals surface area contributed by atoms with Gasteiger partial charge in [0.15, 0.2) is 0 Å². The van der Waals surface area contributed by atoms with Crippen LogP contribution in [0.4, 0.5) is 5.69 Å². The van der Waals surface area contributed by atoms with Gasteiger partial charge in [-0.15, -0.1) is 0 Å². The average Bonchev–Trinajstić information content (AvgIpc) is 2.63. The zero-order valence-corrected chi connectivity index (χ0v) is 14.8. The fraction of sp³-hybridized carbons (Fsp3) is 0.611. The first-order chi connectivity index (χ1) is 11.3. The van der Waals surface area contributed by atoms with Crippen molar-refractivity contribution in [3.8, 4) is 0 Å². The zero-order chi connectivity index (χ0) is 16.1. The summed E-state index contributed by atoms with van der Waals surface area (Å²) in [6.07, 6.45) is 4.38. The molecule has 0 spiro atoms. The van der Waals surface area contributed by atoms with Gasteiger partial charge in [0.05, 0.1) is 5.75 Å². The molecule has 1 aromatic rings. The number of rotatable bonds is 4. The van der Waals surface area contributed by atoms with E-state index in [0.717, 1.165) is 45.7 Å². The van der Waals surface area contributed by atoms with Crippen molar-refractivity contribution in [2.45, 2.75) is 18.9 Å². The molecular formula is C18H27N3OS. The summed E-state index contributed by atoms with van der Waals surface area (Å²) in [5, 5.41) is 0. The van der Waals surface area contributed by atoms with Crippen molar-refractivity contribution in [3.63, 3.8) is 0 Å². The second-order valence-corrected chi connectivity index (χ2v) is 7.29. The van der Waals surface area contributed by atoms with Gasteiger partial charge in [0.1, 0.15) is 0 Å². The molecule has 0 radical (unpaired) electrons. The summed E-state index contributed by atoms with van der Waals surface area (Å²) in [5.41, 5.74) is 1.33. The number of hydrogen-bond acceptors (Lipinski definition) is 4. The Balaban J connectivity index is 1.52. The molecule has 5 heteroatoms. The molecule has 1 atom stereocenters. The van der Waals surface area contributed by atoms with Crippen LogP contribution in [0.2, 0.25) is 0 Å². The molecule has 2 aliphatic heterocycles. The zero-order valence-electron chi connectivity index (χ0n) is 14.0. The van der Waals surface area contributed by atoms with Gasteiger partial charge in [-0.05, 0) is 31.2 Å². The van der Waals surface area contributed by atoms with E-state index in [0.29, 0.717) is 17.7 Å². The Kier molecular flexibility index (Phi) is 5.84. The van der Waals surface area contributed by atoms with E-state index < -0.39 is 0 Å². The molecular weight excluding hydrogens is 306 g/mol. The maximum absolute atomic E-state index is 12.1. The standard InChI is InChI=1S/C18H27N3OS/c1-23-15-18(22)21-9-5-8-17(14-21)20-12-10-19(11-13-20)16-6-3-2-4-7-16/h2-4,6-7,17H,5,8-15H2,1H3. The van der Waals surface area contributed by atoms with Gasteiger partial charge in [0, 0.05) is 51.0 Å². The van der Waals surface area contributed by atoms with Crippen molar-refractivity contribution in [3.05, 3.63) is 30.3 Å². The molecule has 0 N–H and O–H groups in total. The summed E-state index contributed by atoms with van der Waals surface area (Å²) >= 11 is 1.63. The van der Waals surface area contributed by atoms with Gasteiger partial charge >= 0.3 is 0 Å². The minimum absolute atomic E-state index is 0.310. The van der Waals surface area contributed by atoms with Crippen molar-refractivity contribution in [1.29, 1.82) is 0 Å². The number of para-hydroxylation sites is 1. The summed E-state index contributed by atoms with van der Waals surface area (Å²) in [5.74, 6) is 0.930. The van der Waals surface area contributed by atoms with Crippen molar-refractivity contribution in [2.75, 3.05) is 56.2 Å². The lowest BCUT2D eigenvalue weighted by molar-refractivity contribution is -0.130. The molecule has 23 heavy (non-hydrogen) atoms. The van der Waals surface area contributed by atoms with Crippen molar-refractivity contribution >= 4 is 23.4 Å². The number of carbonyl (C=O) groups is 1. The fourth-order valence-electron chi connectivity index (χ4n) is 3.68. The van der Waals surface area contributed by atoms with Crippen LogP contribution in [0.25, 0.3) is 0 Å². The number of nitrogens with zero attached hydrogens (tertiary/aromatic N) is 3. The Hall–Kier alpha value is -1.20. The first-order valence-electron chi connectivity index (χ1n) is 8.58. The highest BCUT2D eigenvalue weighted by Crippen LogP contribution is 2.21. The molecule has 0 aromatic heterocycles. The molecule has 126 valence electrons. The predicted molar refractivity (Wildman–Crippen MR) is 98.2 cm³/mol. The van der Waals surface area contributed by atoms with E-state index in [2.05, 4.69) is 45.0 Å². The van der Waals surface area contributed by atoms with Crippen LogP contribution in [-0.2, 0) is 4.79 Å². The molecule has 2 heterocycles. The van der Waals surface area contributed by atoms with Crippen molar-refractivity contribution in [1.82, 2.24) is 9.80 Å². The Morgan fingerprint density at radius 3 is 2.57 bits per heavy atom. The minimum Gasteiger partial charge on any atom is -0.369 e. The molecule has 3 rings (SSSR count). The SMILES string of the molecule is CSCC(=O)N1CCCC(N2CCN(c3ccccc3)CC2)C1. The topological polar surface area (TPSA) is 26.8 Å². The Morgan fingerprint density at radius 1 is 1.13 bits per heavy atom. The van der Waals surface area contributed by atoms with Crippen LogP contribution in [-0.4, -0.2) is 73.0 Å². The number of amides is 1. The number of thioether (sulfide) groups is 1. The number of anilines is 1. The monoisotopic (exact) mass is 333 g/mol. The number of likely N-dealkylation sites (tertiary alicyclic amines) is 1. The number of piperazine rings is 1. The fourth-order valence-corrected chi connectivity index (χ4v) is 4.11. The molecule has 2 fully saturated rings. The number of benzene rings is 1. The maximum atomic E-state index is 12.1. The van der Waals surface area contributed by atoms with Gasteiger partial charge in [-0.1, -0.05) is 18.2 Å². The van der Waals surface area contributed by atoms with E-state index in [1.165, 1.54) is 12.1 Å². The lowest BCUT2D eigenvalue weighted by atomic mass is 10.0. The summed E-state index contributed by atoms with van der Waals surface area (Å²) in [6.45, 7) is 6.23. The van der Waals surface area contributed by atoms with Crippen LogP contribution in [0.1, 0.15) is 12.8 Å². The largest absolute Gasteiger partial charge is 0.369 e. The first kappa shape index (κ1) is 16.7. The van der Waals surface area contributed by atoms with E-state index in [9.17, 15) is 4.79 Å². The first-order valence-corrected chi connectivity index (χ1v) is 9.98. The molecule has 2 aliphatic rings. The third-order valence-electron chi connectivity index (χ3n) is 4.97. The summed E-state index contributed by atoms with van der Waals surface area (Å²) in [6, 6.07) is 11.2. The van der Waals surface area contributed by atoms with Crippen LogP contribution in [0.15, 0.2) is 30.3 Å². The molecule has 1 aromatic carbocycles. The van der Waals surface area contributed by atoms with E-state index in [-0.39, 0.29) is 0 Å². The maximum Gasteiger partial charge on any atom is 0.232 e. The Bertz CT molecular complexity index is 502. The quantitative estimate of drug-likeness (QED) is 0.844. The lowest BCUT2D eigenvalue weighted by Crippen LogP contribution is -2.56. The van der Waals surface area contributed by atoms with Crippen LogP contribution in [0.5, 0.6) is 0 Å². The van der Waals surface area contributed by atoms with Crippen LogP contribution >= 0.6 is 11.8 Å². The Morgan fingerprint density at radius 2 is 1.87 bits per heavy atom. The Labute approximate surface area is 143 Å². The smallest absolute Gasteiger partial charge is 0.232 e. The molecule has 1 amide bonds. The van der Waals surface area contributed by atoms with Crippen molar-refractivity contribution < 1.29 is 4.79 Å². The van der Waals surface area contributed by atoms with E-state index >= 15 is 0 Å². The summed E-state index contributed by atoms with van der Waals surface area (Å²) in [4.78, 5) is 19.3. The van der Waals surface area contributed by atoms with Gasteiger partial charge in [-0.25, -0.2) is 0 Å². The van der Waals surface area contributed by atoms with Crippen molar-refractivity contribution in [2.24, 2.45) is 0 Å². The molecule has 0 bridgehead atoms. The second kappa shape index (κ2) is 8.06. The molecule has 0 aliphatic carbocycles. The summed E-state index contributed by atoms with van der Waals surface area (Å²) in [7, 11) is 0. The van der Waals surface area contributed by atoms with Crippen LogP contribution in [0, 0.1) is 0 Å². The molecule has 1 unspecified atom stereocenters. The number of hydrogen-bond donors (Lipinski definition) is 0. The number of carbonyl (C=O) groups excluding carboxylic acids is 1. The van der Waals surface area contributed by atoms with Gasteiger partial charge in [-0.2, -0.15) is 11.8 Å². The molecule has 2 saturated heterocycles. The highest BCUT2D eigenvalue weighted by molar-refractivity contribution is 7.99. The minimum atomic E-state index is 0.310. The van der Waals surface area contributed by atoms with Gasteiger partial charge in [0.25, 0.3) is 0 Å². The summed E-state index contributed by atoms with van der Waals surface area (Å²) < 4.78 is 0. The van der Waals surface area contributed by atoms with Crippen LogP contribution in [0.3, 0.4) is 0 Å². The average molecular weight is 334 g/mol. The second-order valence-electron chi connectivity index (χ2n) is 6.43. The van der Waals surface area contributed by atoms with Gasteiger partial charge in [-0.3, -0.25) is 9.69 Å². The van der Waals surface area contributed by atoms with E-state index in [4.69, 9.17) is 0 Å². The third-order valence-corrected chi connectivity index (χ3v) is 5.50. The highest BCUT2D eigenvalue weighted by atomic mass is 32.2. The van der Waals surface area contributed by atoms with E-state index in [1.54, 1.807) is 11.8 Å². The van der Waals surface area contributed by atoms with Crippen LogP contribution < -0.4 is 4.90 Å². The molecule has 4 nitrogen and oxygen atoms in total. The number of piperidine rings is 1. The van der Waals surface area contributed by atoms with Gasteiger partial charge in [0.2, 0.25) is 5.91 Å². The van der Waals surface area contributed by atoms with E-state index in [1.807, 2.05) is 6.26 Å². The normalized spacial score (nSPS) is 23.1.